The summed E-state index contributed by atoms with van der Waals surface area (Å²) < 4.78 is 2.30. The molecule has 3 rings (SSSR count). The minimum absolute atomic E-state index is 0.699. The summed E-state index contributed by atoms with van der Waals surface area (Å²) in [6.07, 6.45) is 0.699. The minimum atomic E-state index is 0.699. The van der Waals surface area contributed by atoms with Crippen molar-refractivity contribution in [1.29, 1.82) is 0 Å². The fraction of sp³-hybridized carbons (Fsp3) is 0.0625. The maximum absolute atomic E-state index is 10.4. The maximum Gasteiger partial charge on any atom is 0.212 e. The van der Waals surface area contributed by atoms with Gasteiger partial charge in [0.05, 0.1) is 9.88 Å². The zero-order chi connectivity index (χ0) is 14.7. The Morgan fingerprint density at radius 2 is 1.81 bits per heavy atom. The summed E-state index contributed by atoms with van der Waals surface area (Å²) in [6, 6.07) is 12.1. The van der Waals surface area contributed by atoms with E-state index in [2.05, 4.69) is 28.5 Å². The van der Waals surface area contributed by atoms with E-state index in [1.54, 1.807) is 22.7 Å². The smallest absolute Gasteiger partial charge is 0.212 e. The second kappa shape index (κ2) is 6.00. The second-order valence-electron chi connectivity index (χ2n) is 4.29. The van der Waals surface area contributed by atoms with Crippen molar-refractivity contribution in [2.45, 2.75) is 0 Å². The van der Waals surface area contributed by atoms with Gasteiger partial charge in [0.25, 0.3) is 0 Å². The Bertz CT molecular complexity index is 803. The average Bonchev–Trinajstić information content (AvgIpc) is 3.04. The molecule has 2 N–H and O–H groups in total. The van der Waals surface area contributed by atoms with Gasteiger partial charge in [0, 0.05) is 27.7 Å². The van der Waals surface area contributed by atoms with Crippen LogP contribution in [0.1, 0.15) is 10.4 Å². The summed E-state index contributed by atoms with van der Waals surface area (Å²) in [6.45, 7) is 0. The van der Waals surface area contributed by atoms with Crippen LogP contribution in [-0.4, -0.2) is 13.5 Å². The van der Waals surface area contributed by atoms with Gasteiger partial charge < -0.3 is 10.6 Å². The molecule has 1 amide bonds. The van der Waals surface area contributed by atoms with Gasteiger partial charge in [0.15, 0.2) is 0 Å². The molecule has 0 spiro atoms. The van der Waals surface area contributed by atoms with Crippen LogP contribution >= 0.6 is 22.7 Å². The maximum atomic E-state index is 10.4. The van der Waals surface area contributed by atoms with E-state index in [9.17, 15) is 4.79 Å². The highest BCUT2D eigenvalue weighted by Crippen LogP contribution is 2.35. The molecular weight excluding hydrogens is 300 g/mol. The molecule has 0 aliphatic carbocycles. The fourth-order valence-corrected chi connectivity index (χ4v) is 3.99. The van der Waals surface area contributed by atoms with E-state index in [1.165, 1.54) is 0 Å². The number of amides is 1. The zero-order valence-corrected chi connectivity index (χ0v) is 12.9. The van der Waals surface area contributed by atoms with Crippen molar-refractivity contribution >= 4 is 49.2 Å². The van der Waals surface area contributed by atoms with Crippen LogP contribution in [-0.2, 0) is 4.79 Å². The molecular formula is C16H12N2OS2. The first-order chi connectivity index (χ1) is 10.3. The third-order valence-corrected chi connectivity index (χ3v) is 5.05. The molecule has 0 unspecified atom stereocenters. The van der Waals surface area contributed by atoms with Crippen LogP contribution in [0.15, 0.2) is 36.4 Å². The minimum Gasteiger partial charge on any atom is -0.388 e. The quantitative estimate of drug-likeness (QED) is 0.567. The lowest BCUT2D eigenvalue weighted by atomic mass is 10.2. The number of rotatable bonds is 3. The SMILES string of the molecule is CNc1ccc(C#Cc2cc3sc(NC=O)cc3s2)cc1. The number of fused-ring (bicyclic) bond motifs is 1. The molecule has 1 aromatic carbocycles. The van der Waals surface area contributed by atoms with Crippen LogP contribution in [0.25, 0.3) is 9.40 Å². The largest absolute Gasteiger partial charge is 0.388 e. The molecule has 0 aliphatic heterocycles. The van der Waals surface area contributed by atoms with E-state index >= 15 is 0 Å². The third kappa shape index (κ3) is 3.07. The molecule has 3 nitrogen and oxygen atoms in total. The molecule has 0 saturated heterocycles. The average molecular weight is 312 g/mol. The van der Waals surface area contributed by atoms with E-state index in [1.807, 2.05) is 37.4 Å². The number of thiophene rings is 2. The van der Waals surface area contributed by atoms with Gasteiger partial charge in [-0.05, 0) is 36.4 Å². The van der Waals surface area contributed by atoms with Gasteiger partial charge in [0.2, 0.25) is 6.41 Å². The number of carbonyl (C=O) groups is 1. The van der Waals surface area contributed by atoms with E-state index in [0.717, 1.165) is 30.5 Å². The fourth-order valence-electron chi connectivity index (χ4n) is 1.88. The van der Waals surface area contributed by atoms with Crippen LogP contribution in [0.4, 0.5) is 10.7 Å². The molecule has 21 heavy (non-hydrogen) atoms. The summed E-state index contributed by atoms with van der Waals surface area (Å²) in [5.74, 6) is 6.36. The van der Waals surface area contributed by atoms with Crippen LogP contribution in [0.5, 0.6) is 0 Å². The summed E-state index contributed by atoms with van der Waals surface area (Å²) in [5.41, 5.74) is 2.07. The molecule has 2 heterocycles. The number of benzene rings is 1. The highest BCUT2D eigenvalue weighted by atomic mass is 32.1. The van der Waals surface area contributed by atoms with E-state index < -0.39 is 0 Å². The molecule has 0 aliphatic rings. The lowest BCUT2D eigenvalue weighted by molar-refractivity contribution is -0.105. The highest BCUT2D eigenvalue weighted by Gasteiger charge is 2.05. The van der Waals surface area contributed by atoms with Crippen molar-refractivity contribution in [2.24, 2.45) is 0 Å². The van der Waals surface area contributed by atoms with Gasteiger partial charge in [-0.25, -0.2) is 0 Å². The van der Waals surface area contributed by atoms with Gasteiger partial charge in [-0.3, -0.25) is 4.79 Å². The van der Waals surface area contributed by atoms with Crippen LogP contribution < -0.4 is 10.6 Å². The van der Waals surface area contributed by atoms with Crippen LogP contribution in [0, 0.1) is 11.8 Å². The van der Waals surface area contributed by atoms with E-state index in [4.69, 9.17) is 0 Å². The first kappa shape index (κ1) is 13.7. The zero-order valence-electron chi connectivity index (χ0n) is 11.3. The first-order valence-corrected chi connectivity index (χ1v) is 7.95. The van der Waals surface area contributed by atoms with Gasteiger partial charge in [0.1, 0.15) is 0 Å². The van der Waals surface area contributed by atoms with Gasteiger partial charge in [-0.1, -0.05) is 11.8 Å². The van der Waals surface area contributed by atoms with Crippen molar-refractivity contribution in [3.05, 3.63) is 46.8 Å². The molecule has 0 bridgehead atoms. The predicted octanol–water partition coefficient (Wildman–Crippen LogP) is 3.97. The van der Waals surface area contributed by atoms with Crippen molar-refractivity contribution in [2.75, 3.05) is 17.7 Å². The van der Waals surface area contributed by atoms with Crippen molar-refractivity contribution in [3.8, 4) is 11.8 Å². The standard InChI is InChI=1S/C16H12N2OS2/c1-17-12-5-2-11(3-6-12)4-7-13-8-14-15(20-13)9-16(21-14)18-10-19/h2-3,5-6,8-10,17H,1H3,(H,18,19). The summed E-state index contributed by atoms with van der Waals surface area (Å²) in [5, 5.41) is 6.63. The lowest BCUT2D eigenvalue weighted by Gasteiger charge is -1.97. The Kier molecular flexibility index (Phi) is 3.91. The Balaban J connectivity index is 1.82. The Hall–Kier alpha value is -2.29. The van der Waals surface area contributed by atoms with E-state index in [0.29, 0.717) is 6.41 Å². The molecule has 5 heteroatoms. The topological polar surface area (TPSA) is 41.1 Å². The normalized spacial score (nSPS) is 9.95. The first-order valence-electron chi connectivity index (χ1n) is 6.32. The number of hydrogen-bond acceptors (Lipinski definition) is 4. The van der Waals surface area contributed by atoms with Crippen LogP contribution in [0.2, 0.25) is 0 Å². The van der Waals surface area contributed by atoms with Gasteiger partial charge >= 0.3 is 0 Å². The lowest BCUT2D eigenvalue weighted by Crippen LogP contribution is -1.88. The van der Waals surface area contributed by atoms with E-state index in [-0.39, 0.29) is 0 Å². The number of carbonyl (C=O) groups excluding carboxylic acids is 1. The molecule has 2 aromatic heterocycles. The summed E-state index contributed by atoms with van der Waals surface area (Å²) in [7, 11) is 1.90. The highest BCUT2D eigenvalue weighted by molar-refractivity contribution is 7.30. The molecule has 0 fully saturated rings. The van der Waals surface area contributed by atoms with Crippen molar-refractivity contribution in [3.63, 3.8) is 0 Å². The number of hydrogen-bond donors (Lipinski definition) is 2. The molecule has 0 saturated carbocycles. The Morgan fingerprint density at radius 3 is 2.48 bits per heavy atom. The van der Waals surface area contributed by atoms with Gasteiger partial charge in [-0.15, -0.1) is 22.7 Å². The van der Waals surface area contributed by atoms with Crippen molar-refractivity contribution < 1.29 is 4.79 Å². The van der Waals surface area contributed by atoms with Gasteiger partial charge in [-0.2, -0.15) is 0 Å². The third-order valence-electron chi connectivity index (χ3n) is 2.91. The van der Waals surface area contributed by atoms with Crippen molar-refractivity contribution in [1.82, 2.24) is 0 Å². The predicted molar refractivity (Wildman–Crippen MR) is 91.4 cm³/mol. The number of nitrogens with one attached hydrogen (secondary N) is 2. The summed E-state index contributed by atoms with van der Waals surface area (Å²) >= 11 is 3.20. The second-order valence-corrected chi connectivity index (χ2v) is 6.46. The van der Waals surface area contributed by atoms with Crippen LogP contribution in [0.3, 0.4) is 0 Å². The Labute approximate surface area is 130 Å². The number of anilines is 2. The molecule has 0 radical (unpaired) electrons. The Morgan fingerprint density at radius 1 is 1.05 bits per heavy atom. The monoisotopic (exact) mass is 312 g/mol. The molecule has 104 valence electrons. The summed E-state index contributed by atoms with van der Waals surface area (Å²) in [4.78, 5) is 11.5. The molecule has 0 atom stereocenters. The molecule has 3 aromatic rings.